The fraction of sp³-hybridized carbons (Fsp3) is 0.667. The normalized spacial score (nSPS) is 32.5. The minimum absolute atomic E-state index is 0.0456. The molecule has 1 saturated heterocycles. The van der Waals surface area contributed by atoms with Crippen LogP contribution >= 0.6 is 0 Å². The van der Waals surface area contributed by atoms with Crippen molar-refractivity contribution in [1.82, 2.24) is 4.90 Å². The summed E-state index contributed by atoms with van der Waals surface area (Å²) in [6, 6.07) is 0. The number of nitrogens with zero attached hydrogens (tertiary/aromatic N) is 1. The zero-order valence-electron chi connectivity index (χ0n) is 11.1. The molecule has 2 heteroatoms. The zero-order valence-corrected chi connectivity index (χ0v) is 11.1. The molecule has 0 aliphatic carbocycles. The molecule has 0 bridgehead atoms. The maximum atomic E-state index is 12.0. The number of hydrogen-bond acceptors (Lipinski definition) is 1. The fourth-order valence-electron chi connectivity index (χ4n) is 3.42. The van der Waals surface area contributed by atoms with Crippen molar-refractivity contribution in [3.63, 3.8) is 0 Å². The van der Waals surface area contributed by atoms with E-state index in [9.17, 15) is 4.79 Å². The molecule has 2 aliphatic heterocycles. The molecule has 1 fully saturated rings. The van der Waals surface area contributed by atoms with Crippen LogP contribution in [0.25, 0.3) is 0 Å². The lowest BCUT2D eigenvalue weighted by molar-refractivity contribution is -0.131. The lowest BCUT2D eigenvalue weighted by atomic mass is 9.82. The molecule has 0 aromatic rings. The third-order valence-corrected chi connectivity index (χ3v) is 4.00. The summed E-state index contributed by atoms with van der Waals surface area (Å²) in [6.07, 6.45) is 8.28. The van der Waals surface area contributed by atoms with Crippen molar-refractivity contribution in [2.24, 2.45) is 0 Å². The molecule has 0 aromatic heterocycles. The Bertz CT molecular complexity index is 369. The first kappa shape index (κ1) is 12.4. The van der Waals surface area contributed by atoms with E-state index in [1.165, 1.54) is 11.1 Å². The summed E-state index contributed by atoms with van der Waals surface area (Å²) in [5, 5.41) is 0. The molecule has 2 rings (SSSR count). The van der Waals surface area contributed by atoms with Crippen molar-refractivity contribution in [3.8, 4) is 0 Å². The van der Waals surface area contributed by atoms with Crippen LogP contribution in [0.15, 0.2) is 23.8 Å². The van der Waals surface area contributed by atoms with Crippen LogP contribution in [-0.4, -0.2) is 22.9 Å². The second kappa shape index (κ2) is 4.67. The molecule has 2 aliphatic rings. The van der Waals surface area contributed by atoms with Gasteiger partial charge in [0.25, 0.3) is 0 Å². The molecule has 1 amide bonds. The lowest BCUT2D eigenvalue weighted by Crippen LogP contribution is -2.47. The molecule has 0 radical (unpaired) electrons. The molecule has 2 nitrogen and oxygen atoms in total. The highest BCUT2D eigenvalue weighted by Gasteiger charge is 2.44. The summed E-state index contributed by atoms with van der Waals surface area (Å²) < 4.78 is 0. The van der Waals surface area contributed by atoms with Gasteiger partial charge in [0.1, 0.15) is 0 Å². The number of amides is 1. The monoisotopic (exact) mass is 233 g/mol. The van der Waals surface area contributed by atoms with Gasteiger partial charge in [0.05, 0.1) is 5.54 Å². The molecule has 0 unspecified atom stereocenters. The molecule has 0 saturated carbocycles. The molecule has 17 heavy (non-hydrogen) atoms. The molecule has 1 atom stereocenters. The van der Waals surface area contributed by atoms with Crippen LogP contribution in [0.3, 0.4) is 0 Å². The minimum atomic E-state index is 0.0456. The lowest BCUT2D eigenvalue weighted by Gasteiger charge is -2.40. The number of carbonyl (C=O) groups is 1. The largest absolute Gasteiger partial charge is 0.336 e. The number of rotatable bonds is 2. The van der Waals surface area contributed by atoms with E-state index in [1.54, 1.807) is 0 Å². The first-order valence-electron chi connectivity index (χ1n) is 6.64. The Balaban J connectivity index is 2.31. The Morgan fingerprint density at radius 3 is 3.06 bits per heavy atom. The first-order chi connectivity index (χ1) is 8.03. The van der Waals surface area contributed by atoms with E-state index in [0.29, 0.717) is 5.91 Å². The quantitative estimate of drug-likeness (QED) is 0.669. The highest BCUT2D eigenvalue weighted by atomic mass is 16.2. The highest BCUT2D eigenvalue weighted by Crippen LogP contribution is 2.41. The molecular weight excluding hydrogens is 210 g/mol. The zero-order chi connectivity index (χ0) is 12.5. The summed E-state index contributed by atoms with van der Waals surface area (Å²) in [5.74, 6) is 0.348. The molecule has 0 N–H and O–H groups in total. The van der Waals surface area contributed by atoms with Gasteiger partial charge in [-0.1, -0.05) is 17.2 Å². The van der Waals surface area contributed by atoms with Gasteiger partial charge < -0.3 is 4.90 Å². The Morgan fingerprint density at radius 1 is 1.59 bits per heavy atom. The van der Waals surface area contributed by atoms with E-state index in [0.717, 1.165) is 45.1 Å². The van der Waals surface area contributed by atoms with Gasteiger partial charge in [0.2, 0.25) is 5.91 Å². The summed E-state index contributed by atoms with van der Waals surface area (Å²) in [6.45, 7) is 9.26. The van der Waals surface area contributed by atoms with Crippen molar-refractivity contribution in [2.75, 3.05) is 6.54 Å². The molecular formula is C15H23NO. The molecule has 0 aromatic carbocycles. The third-order valence-electron chi connectivity index (χ3n) is 4.00. The Morgan fingerprint density at radius 2 is 2.35 bits per heavy atom. The predicted octanol–water partition coefficient (Wildman–Crippen LogP) is 3.44. The molecule has 94 valence electrons. The van der Waals surface area contributed by atoms with Gasteiger partial charge in [-0.15, -0.1) is 6.58 Å². The fourth-order valence-corrected chi connectivity index (χ4v) is 3.42. The number of hydrogen-bond donors (Lipinski definition) is 0. The smallest absolute Gasteiger partial charge is 0.223 e. The van der Waals surface area contributed by atoms with Crippen LogP contribution < -0.4 is 0 Å². The van der Waals surface area contributed by atoms with E-state index in [1.807, 2.05) is 0 Å². The van der Waals surface area contributed by atoms with Gasteiger partial charge in [-0.25, -0.2) is 0 Å². The van der Waals surface area contributed by atoms with E-state index < -0.39 is 0 Å². The van der Waals surface area contributed by atoms with Crippen molar-refractivity contribution in [2.45, 2.75) is 57.9 Å². The van der Waals surface area contributed by atoms with Gasteiger partial charge in [0.15, 0.2) is 0 Å². The molecule has 2 heterocycles. The van der Waals surface area contributed by atoms with Gasteiger partial charge >= 0.3 is 0 Å². The van der Waals surface area contributed by atoms with Crippen LogP contribution in [0.1, 0.15) is 52.4 Å². The number of carbonyl (C=O) groups excluding carboxylic acids is 1. The van der Waals surface area contributed by atoms with Crippen LogP contribution in [0, 0.1) is 0 Å². The van der Waals surface area contributed by atoms with E-state index in [4.69, 9.17) is 0 Å². The van der Waals surface area contributed by atoms with Crippen LogP contribution in [0.5, 0.6) is 0 Å². The Hall–Kier alpha value is -1.05. The minimum Gasteiger partial charge on any atom is -0.336 e. The van der Waals surface area contributed by atoms with Crippen LogP contribution in [0.2, 0.25) is 0 Å². The standard InChI is InChI=1S/C15H23NO/c1-12(2)10-15-8-7-14(17)16(15)9-5-4-6-13(3)11-15/h6H,1,4-5,7-11H2,2-3H3/b13-6-/t15-/m0/s1. The number of fused-ring (bicyclic) bond motifs is 1. The van der Waals surface area contributed by atoms with Crippen molar-refractivity contribution >= 4 is 5.91 Å². The Labute approximate surface area is 104 Å². The predicted molar refractivity (Wildman–Crippen MR) is 70.7 cm³/mol. The van der Waals surface area contributed by atoms with Gasteiger partial charge in [-0.2, -0.15) is 0 Å². The Kier molecular flexibility index (Phi) is 3.41. The van der Waals surface area contributed by atoms with Crippen LogP contribution in [-0.2, 0) is 4.79 Å². The number of allylic oxidation sites excluding steroid dienone is 1. The van der Waals surface area contributed by atoms with Crippen molar-refractivity contribution in [1.29, 1.82) is 0 Å². The van der Waals surface area contributed by atoms with E-state index in [-0.39, 0.29) is 5.54 Å². The van der Waals surface area contributed by atoms with Crippen molar-refractivity contribution in [3.05, 3.63) is 23.8 Å². The SMILES string of the molecule is C=C(C)C[C@]12CCC(=O)N1CCC/C=C(/C)C2. The summed E-state index contributed by atoms with van der Waals surface area (Å²) in [4.78, 5) is 14.2. The maximum Gasteiger partial charge on any atom is 0.223 e. The van der Waals surface area contributed by atoms with Gasteiger partial charge in [0, 0.05) is 13.0 Å². The van der Waals surface area contributed by atoms with Crippen molar-refractivity contribution < 1.29 is 4.79 Å². The highest BCUT2D eigenvalue weighted by molar-refractivity contribution is 5.80. The second-order valence-corrected chi connectivity index (χ2v) is 5.77. The summed E-state index contributed by atoms with van der Waals surface area (Å²) in [5.41, 5.74) is 2.67. The third kappa shape index (κ3) is 2.46. The topological polar surface area (TPSA) is 20.3 Å². The first-order valence-corrected chi connectivity index (χ1v) is 6.64. The van der Waals surface area contributed by atoms with Gasteiger partial charge in [-0.05, 0) is 46.0 Å². The summed E-state index contributed by atoms with van der Waals surface area (Å²) >= 11 is 0. The van der Waals surface area contributed by atoms with Crippen LogP contribution in [0.4, 0.5) is 0 Å². The average Bonchev–Trinajstić information content (AvgIpc) is 2.47. The summed E-state index contributed by atoms with van der Waals surface area (Å²) in [7, 11) is 0. The molecule has 0 spiro atoms. The second-order valence-electron chi connectivity index (χ2n) is 5.77. The van der Waals surface area contributed by atoms with E-state index in [2.05, 4.69) is 31.4 Å². The van der Waals surface area contributed by atoms with Gasteiger partial charge in [-0.3, -0.25) is 4.79 Å². The van der Waals surface area contributed by atoms with E-state index >= 15 is 0 Å². The average molecular weight is 233 g/mol. The maximum absolute atomic E-state index is 12.0.